The van der Waals surface area contributed by atoms with Crippen molar-refractivity contribution in [3.8, 4) is 11.3 Å². The van der Waals surface area contributed by atoms with Crippen molar-refractivity contribution in [2.24, 2.45) is 5.41 Å². The summed E-state index contributed by atoms with van der Waals surface area (Å²) in [5.74, 6) is -1.21. The number of nitrogens with zero attached hydrogens (tertiary/aromatic N) is 4. The van der Waals surface area contributed by atoms with Gasteiger partial charge in [0, 0.05) is 53.7 Å². The number of aromatic amines is 1. The van der Waals surface area contributed by atoms with Crippen molar-refractivity contribution < 1.29 is 18.7 Å². The number of hydrogen-bond donors (Lipinski definition) is 3. The Bertz CT molecular complexity index is 1580. The van der Waals surface area contributed by atoms with E-state index in [0.717, 1.165) is 5.69 Å². The highest BCUT2D eigenvalue weighted by atomic mass is 35.5. The van der Waals surface area contributed by atoms with E-state index in [1.165, 1.54) is 6.07 Å². The molecule has 1 aliphatic rings. The highest BCUT2D eigenvalue weighted by Gasteiger charge is 2.45. The number of anilines is 2. The third kappa shape index (κ3) is 5.80. The van der Waals surface area contributed by atoms with Gasteiger partial charge in [-0.15, -0.1) is 0 Å². The zero-order valence-corrected chi connectivity index (χ0v) is 23.8. The van der Waals surface area contributed by atoms with Crippen LogP contribution in [0.15, 0.2) is 48.7 Å². The minimum Gasteiger partial charge on any atom is -0.481 e. The number of carbonyl (C=O) groups is 1. The first-order chi connectivity index (χ1) is 19.6. The summed E-state index contributed by atoms with van der Waals surface area (Å²) in [5.41, 5.74) is 1.25. The number of pyridine rings is 2. The number of hydrogen-bond acceptors (Lipinski definition) is 6. The van der Waals surface area contributed by atoms with Crippen LogP contribution in [0.3, 0.4) is 0 Å². The Balaban J connectivity index is 1.49. The van der Waals surface area contributed by atoms with E-state index in [1.807, 2.05) is 18.7 Å². The van der Waals surface area contributed by atoms with Crippen molar-refractivity contribution in [2.75, 3.05) is 11.9 Å². The molecule has 1 aromatic carbocycles. The average molecular weight is 581 g/mol. The number of likely N-dealkylation sites (tertiary alicyclic amines) is 1. The molecule has 0 spiro atoms. The van der Waals surface area contributed by atoms with Gasteiger partial charge in [-0.1, -0.05) is 29.8 Å². The first kappa shape index (κ1) is 28.6. The monoisotopic (exact) mass is 580 g/mol. The maximum absolute atomic E-state index is 16.3. The average Bonchev–Trinajstić information content (AvgIpc) is 3.36. The van der Waals surface area contributed by atoms with Gasteiger partial charge in [0.1, 0.15) is 11.6 Å². The molecule has 1 saturated heterocycles. The molecule has 214 valence electrons. The normalized spacial score (nSPS) is 19.3. The van der Waals surface area contributed by atoms with Crippen LogP contribution in [-0.4, -0.2) is 48.7 Å². The molecule has 0 unspecified atom stereocenters. The van der Waals surface area contributed by atoms with Gasteiger partial charge in [-0.05, 0) is 58.4 Å². The summed E-state index contributed by atoms with van der Waals surface area (Å²) >= 11 is 5.96. The molecule has 3 aromatic heterocycles. The van der Waals surface area contributed by atoms with Crippen molar-refractivity contribution in [2.45, 2.75) is 52.6 Å². The Hall–Kier alpha value is -3.89. The summed E-state index contributed by atoms with van der Waals surface area (Å²) in [6.45, 7) is 6.19. The fraction of sp³-hybridized carbons (Fsp3) is 0.333. The number of H-pyrrole nitrogens is 1. The van der Waals surface area contributed by atoms with Gasteiger partial charge in [-0.25, -0.2) is 13.8 Å². The topological polar surface area (TPSA) is 107 Å². The van der Waals surface area contributed by atoms with E-state index in [0.29, 0.717) is 41.5 Å². The third-order valence-corrected chi connectivity index (χ3v) is 8.17. The maximum atomic E-state index is 16.3. The minimum atomic E-state index is -1.27. The van der Waals surface area contributed by atoms with Gasteiger partial charge in [0.25, 0.3) is 0 Å². The molecule has 8 nitrogen and oxygen atoms in total. The Labute approximate surface area is 241 Å². The zero-order valence-electron chi connectivity index (χ0n) is 23.0. The smallest absolute Gasteiger partial charge is 0.310 e. The van der Waals surface area contributed by atoms with Crippen LogP contribution in [-0.2, 0) is 17.8 Å². The SMILES string of the molecule is Cc1cc(Nc2nc(C[C@@]3(C(=O)O)CCN(Cc4cccc(Cl)c4F)[C@H](C)C3)c(F)c(-c3ccccn3)c2C)n[nH]1. The van der Waals surface area contributed by atoms with Gasteiger partial charge < -0.3 is 10.4 Å². The fourth-order valence-electron chi connectivity index (χ4n) is 5.60. The van der Waals surface area contributed by atoms with Crippen LogP contribution in [0.4, 0.5) is 20.4 Å². The first-order valence-electron chi connectivity index (χ1n) is 13.4. The molecule has 3 N–H and O–H groups in total. The van der Waals surface area contributed by atoms with Gasteiger partial charge in [-0.3, -0.25) is 19.8 Å². The van der Waals surface area contributed by atoms with Gasteiger partial charge in [0.15, 0.2) is 11.6 Å². The summed E-state index contributed by atoms with van der Waals surface area (Å²) < 4.78 is 30.8. The summed E-state index contributed by atoms with van der Waals surface area (Å²) in [4.78, 5) is 23.8. The number of aromatic nitrogens is 4. The highest BCUT2D eigenvalue weighted by molar-refractivity contribution is 6.30. The standard InChI is InChI=1S/C30H31ClF2N6O2/c1-17-13-24(38-37-17)36-28-19(3)25(22-9-4-5-11-34-22)27(33)23(35-28)15-30(29(40)41)10-12-39(18(2)14-30)16-20-7-6-8-21(31)26(20)32/h4-9,11,13,18H,10,12,14-16H2,1-3H3,(H,40,41)(H2,35,36,37,38)/t18-,30-/m1/s1. The van der Waals surface area contributed by atoms with Crippen molar-refractivity contribution in [3.05, 3.63) is 87.8 Å². The lowest BCUT2D eigenvalue weighted by atomic mass is 9.72. The van der Waals surface area contributed by atoms with Crippen LogP contribution in [0.5, 0.6) is 0 Å². The van der Waals surface area contributed by atoms with Crippen LogP contribution in [0, 0.1) is 30.9 Å². The second-order valence-electron chi connectivity index (χ2n) is 10.7. The van der Waals surface area contributed by atoms with Crippen LogP contribution < -0.4 is 5.32 Å². The van der Waals surface area contributed by atoms with Gasteiger partial charge in [-0.2, -0.15) is 5.10 Å². The molecule has 41 heavy (non-hydrogen) atoms. The molecule has 11 heteroatoms. The largest absolute Gasteiger partial charge is 0.481 e. The van der Waals surface area contributed by atoms with Crippen LogP contribution in [0.1, 0.15) is 42.3 Å². The van der Waals surface area contributed by atoms with Gasteiger partial charge in [0.05, 0.1) is 21.8 Å². The minimum absolute atomic E-state index is 0.0370. The zero-order chi connectivity index (χ0) is 29.3. The number of carboxylic acid groups (broad SMARTS) is 1. The lowest BCUT2D eigenvalue weighted by Gasteiger charge is -2.43. The Morgan fingerprint density at radius 1 is 1.22 bits per heavy atom. The van der Waals surface area contributed by atoms with E-state index >= 15 is 4.39 Å². The van der Waals surface area contributed by atoms with Crippen LogP contribution in [0.2, 0.25) is 5.02 Å². The first-order valence-corrected chi connectivity index (χ1v) is 13.8. The van der Waals surface area contributed by atoms with E-state index in [9.17, 15) is 14.3 Å². The molecular formula is C30H31ClF2N6O2. The number of halogens is 3. The highest BCUT2D eigenvalue weighted by Crippen LogP contribution is 2.41. The third-order valence-electron chi connectivity index (χ3n) is 7.87. The molecule has 0 aliphatic carbocycles. The van der Waals surface area contributed by atoms with Crippen molar-refractivity contribution in [1.29, 1.82) is 0 Å². The molecule has 5 rings (SSSR count). The van der Waals surface area contributed by atoms with E-state index in [-0.39, 0.29) is 41.6 Å². The predicted octanol–water partition coefficient (Wildman–Crippen LogP) is 6.46. The fourth-order valence-corrected chi connectivity index (χ4v) is 5.80. The molecule has 2 atom stereocenters. The number of rotatable bonds is 8. The molecule has 0 saturated carbocycles. The van der Waals surface area contributed by atoms with Crippen LogP contribution in [0.25, 0.3) is 11.3 Å². The summed E-state index contributed by atoms with van der Waals surface area (Å²) in [5, 5.41) is 20.7. The molecule has 4 heterocycles. The molecular weight excluding hydrogens is 550 g/mol. The van der Waals surface area contributed by atoms with Crippen molar-refractivity contribution in [1.82, 2.24) is 25.1 Å². The Morgan fingerprint density at radius 3 is 2.68 bits per heavy atom. The molecule has 0 amide bonds. The summed E-state index contributed by atoms with van der Waals surface area (Å²) in [6.07, 6.45) is 1.94. The molecule has 0 bridgehead atoms. The van der Waals surface area contributed by atoms with E-state index in [4.69, 9.17) is 11.6 Å². The molecule has 4 aromatic rings. The molecule has 1 fully saturated rings. The number of piperidine rings is 1. The van der Waals surface area contributed by atoms with E-state index < -0.39 is 23.0 Å². The second-order valence-corrected chi connectivity index (χ2v) is 11.2. The van der Waals surface area contributed by atoms with Gasteiger partial charge >= 0.3 is 5.97 Å². The quantitative estimate of drug-likeness (QED) is 0.220. The number of nitrogens with one attached hydrogen (secondary N) is 2. The second kappa shape index (κ2) is 11.5. The van der Waals surface area contributed by atoms with E-state index in [1.54, 1.807) is 49.5 Å². The Morgan fingerprint density at radius 2 is 2.02 bits per heavy atom. The van der Waals surface area contributed by atoms with Crippen molar-refractivity contribution in [3.63, 3.8) is 0 Å². The predicted molar refractivity (Wildman–Crippen MR) is 153 cm³/mol. The Kier molecular flexibility index (Phi) is 8.06. The number of aliphatic carboxylic acids is 1. The molecule has 0 radical (unpaired) electrons. The van der Waals surface area contributed by atoms with Crippen molar-refractivity contribution >= 4 is 29.2 Å². The lowest BCUT2D eigenvalue weighted by Crippen LogP contribution is -2.50. The van der Waals surface area contributed by atoms with E-state index in [2.05, 4.69) is 25.5 Å². The summed E-state index contributed by atoms with van der Waals surface area (Å²) in [6, 6.07) is 11.7. The number of aryl methyl sites for hydroxylation is 1. The summed E-state index contributed by atoms with van der Waals surface area (Å²) in [7, 11) is 0. The number of benzene rings is 1. The van der Waals surface area contributed by atoms with Gasteiger partial charge in [0.2, 0.25) is 0 Å². The molecule has 1 aliphatic heterocycles. The van der Waals surface area contributed by atoms with Crippen LogP contribution >= 0.6 is 11.6 Å². The maximum Gasteiger partial charge on any atom is 0.310 e. The number of carboxylic acids is 1. The lowest BCUT2D eigenvalue weighted by molar-refractivity contribution is -0.153.